The zero-order valence-electron chi connectivity index (χ0n) is 11.8. The number of carbonyl (C=O) groups is 1. The average molecular weight is 309 g/mol. The zero-order chi connectivity index (χ0) is 16.0. The summed E-state index contributed by atoms with van der Waals surface area (Å²) in [6.45, 7) is 1.36. The van der Waals surface area contributed by atoms with Crippen LogP contribution in [0.3, 0.4) is 0 Å². The summed E-state index contributed by atoms with van der Waals surface area (Å²) >= 11 is 0. The van der Waals surface area contributed by atoms with Crippen molar-refractivity contribution in [2.24, 2.45) is 11.7 Å². The first-order valence-corrected chi connectivity index (χ1v) is 6.78. The molecule has 0 aliphatic carbocycles. The molecule has 1 amide bonds. The van der Waals surface area contributed by atoms with Gasteiger partial charge in [0, 0.05) is 5.92 Å². The van der Waals surface area contributed by atoms with Crippen LogP contribution in [0.2, 0.25) is 0 Å². The molecule has 1 aliphatic heterocycles. The highest BCUT2D eigenvalue weighted by molar-refractivity contribution is 6.02. The number of rotatable bonds is 3. The summed E-state index contributed by atoms with van der Waals surface area (Å²) in [7, 11) is 0. The van der Waals surface area contributed by atoms with Crippen LogP contribution in [-0.2, 0) is 4.74 Å². The number of nitrogens with zero attached hydrogens (tertiary/aromatic N) is 3. The molecular formula is C13H16FN5O3. The minimum atomic E-state index is -1.35. The van der Waals surface area contributed by atoms with Crippen LogP contribution in [0.15, 0.2) is 12.4 Å². The van der Waals surface area contributed by atoms with Gasteiger partial charge in [0.2, 0.25) is 0 Å². The van der Waals surface area contributed by atoms with Crippen LogP contribution >= 0.6 is 0 Å². The Morgan fingerprint density at radius 3 is 2.91 bits per heavy atom. The van der Waals surface area contributed by atoms with Crippen molar-refractivity contribution >= 4 is 17.2 Å². The smallest absolute Gasteiger partial charge is 0.251 e. The van der Waals surface area contributed by atoms with Gasteiger partial charge in [0.15, 0.2) is 5.82 Å². The Hall–Kier alpha value is -2.26. The lowest BCUT2D eigenvalue weighted by atomic mass is 9.99. The van der Waals surface area contributed by atoms with Crippen LogP contribution in [0.25, 0.3) is 5.52 Å². The van der Waals surface area contributed by atoms with Crippen molar-refractivity contribution in [2.75, 3.05) is 12.3 Å². The highest BCUT2D eigenvalue weighted by Crippen LogP contribution is 2.40. The molecule has 0 bridgehead atoms. The Morgan fingerprint density at radius 2 is 2.32 bits per heavy atom. The minimum Gasteiger partial charge on any atom is -0.394 e. The summed E-state index contributed by atoms with van der Waals surface area (Å²) in [5.74, 6) is -1.14. The monoisotopic (exact) mass is 309 g/mol. The number of carbonyl (C=O) groups excluding carboxylic acids is 1. The molecule has 2 aromatic rings. The summed E-state index contributed by atoms with van der Waals surface area (Å²) in [5, 5.41) is 13.3. The largest absolute Gasteiger partial charge is 0.394 e. The molecule has 3 rings (SSSR count). The fourth-order valence-electron chi connectivity index (χ4n) is 2.79. The van der Waals surface area contributed by atoms with Crippen molar-refractivity contribution in [1.82, 2.24) is 14.6 Å². The minimum absolute atomic E-state index is 0.0650. The van der Waals surface area contributed by atoms with E-state index in [1.807, 2.05) is 0 Å². The number of aliphatic hydroxyl groups excluding tert-OH is 1. The van der Waals surface area contributed by atoms with Crippen molar-refractivity contribution in [3.05, 3.63) is 23.7 Å². The lowest BCUT2D eigenvalue weighted by Crippen LogP contribution is -2.21. The van der Waals surface area contributed by atoms with Crippen LogP contribution in [0, 0.1) is 5.92 Å². The van der Waals surface area contributed by atoms with E-state index in [0.29, 0.717) is 5.69 Å². The number of alkyl halides is 1. The van der Waals surface area contributed by atoms with E-state index in [1.165, 1.54) is 16.9 Å². The summed E-state index contributed by atoms with van der Waals surface area (Å²) in [5.41, 5.74) is 11.7. The van der Waals surface area contributed by atoms with Crippen LogP contribution in [0.4, 0.5) is 10.2 Å². The molecule has 1 aliphatic rings. The second-order valence-electron chi connectivity index (χ2n) is 5.33. The van der Waals surface area contributed by atoms with Crippen molar-refractivity contribution in [2.45, 2.75) is 25.3 Å². The maximum Gasteiger partial charge on any atom is 0.251 e. The first-order chi connectivity index (χ1) is 10.5. The normalized spacial score (nSPS) is 28.3. The molecule has 3 heterocycles. The van der Waals surface area contributed by atoms with E-state index in [2.05, 4.69) is 10.1 Å². The maximum absolute atomic E-state index is 14.5. The zero-order valence-corrected chi connectivity index (χ0v) is 11.8. The number of nitrogen functional groups attached to an aromatic ring is 1. The summed E-state index contributed by atoms with van der Waals surface area (Å²) < 4.78 is 21.4. The fraction of sp³-hybridized carbons (Fsp3) is 0.462. The number of anilines is 1. The third-order valence-corrected chi connectivity index (χ3v) is 4.05. The molecule has 8 nitrogen and oxygen atoms in total. The van der Waals surface area contributed by atoms with Gasteiger partial charge in [0.25, 0.3) is 5.91 Å². The second kappa shape index (κ2) is 5.18. The van der Waals surface area contributed by atoms with E-state index in [1.54, 1.807) is 6.92 Å². The standard InChI is InChI=1S/C13H16FN5O3/c1-5-8(3-20)22-11(9(5)14)7-2-6(13(16)21)10-12(15)17-4-18-19(7)10/h2,4-5,8-9,11,20H,3H2,1H3,(H2,16,21)(H2,15,17,18)/t5-,8-,9-,11+/m1/s1. The number of ether oxygens (including phenoxy) is 1. The quantitative estimate of drug-likeness (QED) is 0.721. The molecule has 1 saturated heterocycles. The van der Waals surface area contributed by atoms with Gasteiger partial charge >= 0.3 is 0 Å². The van der Waals surface area contributed by atoms with E-state index in [-0.39, 0.29) is 23.5 Å². The number of aliphatic hydroxyl groups is 1. The number of aromatic nitrogens is 3. The van der Waals surface area contributed by atoms with Crippen LogP contribution in [-0.4, -0.2) is 44.5 Å². The summed E-state index contributed by atoms with van der Waals surface area (Å²) in [6.07, 6.45) is -1.75. The van der Waals surface area contributed by atoms with Gasteiger partial charge in [-0.2, -0.15) is 5.10 Å². The van der Waals surface area contributed by atoms with Gasteiger partial charge in [-0.15, -0.1) is 0 Å². The molecule has 4 atom stereocenters. The van der Waals surface area contributed by atoms with Crippen molar-refractivity contribution < 1.29 is 19.0 Å². The highest BCUT2D eigenvalue weighted by atomic mass is 19.1. The summed E-state index contributed by atoms with van der Waals surface area (Å²) in [6, 6.07) is 1.41. The maximum atomic E-state index is 14.5. The van der Waals surface area contributed by atoms with Crippen molar-refractivity contribution in [3.8, 4) is 0 Å². The third kappa shape index (κ3) is 2.01. The van der Waals surface area contributed by atoms with Crippen LogP contribution in [0.1, 0.15) is 29.1 Å². The second-order valence-corrected chi connectivity index (χ2v) is 5.33. The van der Waals surface area contributed by atoms with Crippen LogP contribution < -0.4 is 11.5 Å². The molecule has 0 aromatic carbocycles. The number of primary amides is 1. The third-order valence-electron chi connectivity index (χ3n) is 4.05. The molecule has 5 N–H and O–H groups in total. The number of amides is 1. The molecule has 1 fully saturated rings. The Morgan fingerprint density at radius 1 is 1.59 bits per heavy atom. The number of nitrogens with two attached hydrogens (primary N) is 2. The molecule has 0 spiro atoms. The number of halogens is 1. The predicted molar refractivity (Wildman–Crippen MR) is 74.7 cm³/mol. The molecule has 0 radical (unpaired) electrons. The molecule has 22 heavy (non-hydrogen) atoms. The van der Waals surface area contributed by atoms with Gasteiger partial charge in [-0.3, -0.25) is 4.79 Å². The van der Waals surface area contributed by atoms with Gasteiger partial charge in [0.1, 0.15) is 24.1 Å². The summed E-state index contributed by atoms with van der Waals surface area (Å²) in [4.78, 5) is 15.4. The Bertz CT molecular complexity index is 734. The molecule has 0 unspecified atom stereocenters. The lowest BCUT2D eigenvalue weighted by molar-refractivity contribution is -0.00712. The van der Waals surface area contributed by atoms with E-state index in [9.17, 15) is 14.3 Å². The number of hydrogen-bond acceptors (Lipinski definition) is 6. The molecular weight excluding hydrogens is 293 g/mol. The van der Waals surface area contributed by atoms with Crippen LogP contribution in [0.5, 0.6) is 0 Å². The first kappa shape index (κ1) is 14.7. The van der Waals surface area contributed by atoms with E-state index in [4.69, 9.17) is 16.2 Å². The van der Waals surface area contributed by atoms with E-state index >= 15 is 0 Å². The Balaban J connectivity index is 2.16. The van der Waals surface area contributed by atoms with Crippen molar-refractivity contribution in [1.29, 1.82) is 0 Å². The topological polar surface area (TPSA) is 129 Å². The first-order valence-electron chi connectivity index (χ1n) is 6.78. The number of hydrogen-bond donors (Lipinski definition) is 3. The number of fused-ring (bicyclic) bond motifs is 1. The van der Waals surface area contributed by atoms with Gasteiger partial charge in [-0.05, 0) is 6.07 Å². The Labute approximate surface area is 124 Å². The van der Waals surface area contributed by atoms with Gasteiger partial charge < -0.3 is 21.3 Å². The fourth-order valence-corrected chi connectivity index (χ4v) is 2.79. The molecule has 9 heteroatoms. The van der Waals surface area contributed by atoms with Crippen molar-refractivity contribution in [3.63, 3.8) is 0 Å². The molecule has 118 valence electrons. The average Bonchev–Trinajstić information content (AvgIpc) is 3.00. The van der Waals surface area contributed by atoms with E-state index < -0.39 is 30.2 Å². The highest BCUT2D eigenvalue weighted by Gasteiger charge is 2.44. The SMILES string of the molecule is C[C@H]1[C@@H](F)[C@H](c2cc(C(N)=O)c3c(N)ncnn23)O[C@@H]1CO. The van der Waals surface area contributed by atoms with Gasteiger partial charge in [-0.1, -0.05) is 6.92 Å². The Kier molecular flexibility index (Phi) is 3.45. The van der Waals surface area contributed by atoms with E-state index in [0.717, 1.165) is 0 Å². The van der Waals surface area contributed by atoms with Gasteiger partial charge in [0.05, 0.1) is 24.0 Å². The molecule has 2 aromatic heterocycles. The van der Waals surface area contributed by atoms with Gasteiger partial charge in [-0.25, -0.2) is 13.9 Å². The lowest BCUT2D eigenvalue weighted by Gasteiger charge is -2.13. The predicted octanol–water partition coefficient (Wildman–Crippen LogP) is -0.183. The molecule has 0 saturated carbocycles.